The number of halogens is 1. The van der Waals surface area contributed by atoms with Gasteiger partial charge < -0.3 is 10.6 Å². The van der Waals surface area contributed by atoms with Gasteiger partial charge in [-0.05, 0) is 43.4 Å². The van der Waals surface area contributed by atoms with Crippen LogP contribution in [0.3, 0.4) is 0 Å². The number of anilines is 2. The molecule has 0 saturated carbocycles. The van der Waals surface area contributed by atoms with Crippen molar-refractivity contribution in [2.45, 2.75) is 32.6 Å². The first-order chi connectivity index (χ1) is 9.26. The van der Waals surface area contributed by atoms with Crippen molar-refractivity contribution < 1.29 is 0 Å². The van der Waals surface area contributed by atoms with Crippen LogP contribution in [0.5, 0.6) is 0 Å². The molecule has 0 bridgehead atoms. The minimum Gasteiger partial charge on any atom is -0.354 e. The molecule has 0 aliphatic rings. The Morgan fingerprint density at radius 3 is 2.37 bits per heavy atom. The van der Waals surface area contributed by atoms with Crippen LogP contribution in [0.2, 0.25) is 5.28 Å². The van der Waals surface area contributed by atoms with Crippen LogP contribution in [0, 0.1) is 0 Å². The number of nitrogens with zero attached hydrogens (tertiary/aromatic N) is 3. The van der Waals surface area contributed by atoms with E-state index >= 15 is 0 Å². The van der Waals surface area contributed by atoms with Gasteiger partial charge >= 0.3 is 0 Å². The zero-order valence-corrected chi connectivity index (χ0v) is 13.2. The summed E-state index contributed by atoms with van der Waals surface area (Å²) in [6, 6.07) is 0. The van der Waals surface area contributed by atoms with Crippen molar-refractivity contribution in [2.24, 2.45) is 0 Å². The van der Waals surface area contributed by atoms with E-state index in [0.29, 0.717) is 11.9 Å². The average Bonchev–Trinajstić information content (AvgIpc) is 2.37. The first-order valence-electron chi connectivity index (χ1n) is 6.64. The van der Waals surface area contributed by atoms with Crippen molar-refractivity contribution in [2.75, 3.05) is 35.7 Å². The smallest absolute Gasteiger partial charge is 0.228 e. The molecule has 1 heterocycles. The molecule has 7 heteroatoms. The normalized spacial score (nSPS) is 10.5. The molecule has 1 aromatic heterocycles. The van der Waals surface area contributed by atoms with E-state index in [1.54, 1.807) is 0 Å². The summed E-state index contributed by atoms with van der Waals surface area (Å²) < 4.78 is 0. The van der Waals surface area contributed by atoms with Crippen molar-refractivity contribution in [1.82, 2.24) is 15.0 Å². The lowest BCUT2D eigenvalue weighted by molar-refractivity contribution is 0.687. The number of thioether (sulfide) groups is 1. The Labute approximate surface area is 124 Å². The molecule has 0 aromatic carbocycles. The number of aromatic nitrogens is 3. The number of nitrogens with one attached hydrogen (secondary N) is 2. The van der Waals surface area contributed by atoms with E-state index in [0.717, 1.165) is 19.5 Å². The predicted molar refractivity (Wildman–Crippen MR) is 84.3 cm³/mol. The minimum absolute atomic E-state index is 0.216. The summed E-state index contributed by atoms with van der Waals surface area (Å²) in [6.07, 6.45) is 7.07. The molecular formula is C12H22ClN5S. The molecule has 0 aliphatic heterocycles. The first kappa shape index (κ1) is 16.3. The third kappa shape index (κ3) is 7.42. The third-order valence-electron chi connectivity index (χ3n) is 2.50. The lowest BCUT2D eigenvalue weighted by atomic mass is 10.2. The van der Waals surface area contributed by atoms with Crippen LogP contribution in [0.15, 0.2) is 0 Å². The fourth-order valence-corrected chi connectivity index (χ4v) is 2.24. The summed E-state index contributed by atoms with van der Waals surface area (Å²) in [5.41, 5.74) is 0. The van der Waals surface area contributed by atoms with E-state index in [4.69, 9.17) is 11.6 Å². The zero-order chi connectivity index (χ0) is 13.9. The topological polar surface area (TPSA) is 62.7 Å². The van der Waals surface area contributed by atoms with Crippen LogP contribution in [0.4, 0.5) is 11.9 Å². The molecule has 108 valence electrons. The Hall–Kier alpha value is -0.750. The summed E-state index contributed by atoms with van der Waals surface area (Å²) in [4.78, 5) is 12.3. The van der Waals surface area contributed by atoms with Crippen LogP contribution < -0.4 is 10.6 Å². The quantitative estimate of drug-likeness (QED) is 0.647. The number of hydrogen-bond donors (Lipinski definition) is 2. The van der Waals surface area contributed by atoms with Gasteiger partial charge in [0.15, 0.2) is 0 Å². The van der Waals surface area contributed by atoms with E-state index in [1.165, 1.54) is 25.0 Å². The maximum Gasteiger partial charge on any atom is 0.228 e. The summed E-state index contributed by atoms with van der Waals surface area (Å²) in [5.74, 6) is 2.31. The number of unbranched alkanes of at least 4 members (excludes halogenated alkanes) is 3. The SMILES string of the molecule is CCNc1nc(Cl)nc(NCCCCCCSC)n1. The Balaban J connectivity index is 2.25. The van der Waals surface area contributed by atoms with Crippen molar-refractivity contribution >= 4 is 35.3 Å². The largest absolute Gasteiger partial charge is 0.354 e. The first-order valence-corrected chi connectivity index (χ1v) is 8.41. The van der Waals surface area contributed by atoms with E-state index in [-0.39, 0.29) is 5.28 Å². The van der Waals surface area contributed by atoms with Gasteiger partial charge in [0.2, 0.25) is 17.2 Å². The van der Waals surface area contributed by atoms with Gasteiger partial charge in [-0.15, -0.1) is 0 Å². The van der Waals surface area contributed by atoms with Gasteiger partial charge in [0.1, 0.15) is 0 Å². The molecule has 0 spiro atoms. The molecule has 0 saturated heterocycles. The highest BCUT2D eigenvalue weighted by atomic mass is 35.5. The fourth-order valence-electron chi connectivity index (χ4n) is 1.59. The van der Waals surface area contributed by atoms with Gasteiger partial charge in [0.25, 0.3) is 0 Å². The monoisotopic (exact) mass is 303 g/mol. The molecule has 0 atom stereocenters. The van der Waals surface area contributed by atoms with Crippen LogP contribution >= 0.6 is 23.4 Å². The zero-order valence-electron chi connectivity index (χ0n) is 11.6. The van der Waals surface area contributed by atoms with E-state index in [1.807, 2.05) is 18.7 Å². The van der Waals surface area contributed by atoms with Crippen molar-refractivity contribution in [3.05, 3.63) is 5.28 Å². The van der Waals surface area contributed by atoms with E-state index in [2.05, 4.69) is 31.8 Å². The van der Waals surface area contributed by atoms with Crippen molar-refractivity contribution in [3.8, 4) is 0 Å². The van der Waals surface area contributed by atoms with Gasteiger partial charge in [-0.2, -0.15) is 26.7 Å². The maximum absolute atomic E-state index is 5.84. The molecule has 0 aliphatic carbocycles. The summed E-state index contributed by atoms with van der Waals surface area (Å²) >= 11 is 7.74. The molecule has 19 heavy (non-hydrogen) atoms. The third-order valence-corrected chi connectivity index (χ3v) is 3.37. The van der Waals surface area contributed by atoms with Gasteiger partial charge in [0.05, 0.1) is 0 Å². The van der Waals surface area contributed by atoms with E-state index in [9.17, 15) is 0 Å². The summed E-state index contributed by atoms with van der Waals surface area (Å²) in [6.45, 7) is 3.61. The number of hydrogen-bond acceptors (Lipinski definition) is 6. The Morgan fingerprint density at radius 1 is 1.00 bits per heavy atom. The predicted octanol–water partition coefficient (Wildman–Crippen LogP) is 3.29. The van der Waals surface area contributed by atoms with Gasteiger partial charge in [-0.1, -0.05) is 12.8 Å². The maximum atomic E-state index is 5.84. The van der Waals surface area contributed by atoms with Crippen molar-refractivity contribution in [1.29, 1.82) is 0 Å². The molecule has 0 radical (unpaired) electrons. The van der Waals surface area contributed by atoms with Gasteiger partial charge in [0, 0.05) is 13.1 Å². The molecule has 0 fully saturated rings. The highest BCUT2D eigenvalue weighted by molar-refractivity contribution is 7.98. The van der Waals surface area contributed by atoms with Crippen LogP contribution in [-0.4, -0.2) is 40.1 Å². The number of rotatable bonds is 10. The lowest BCUT2D eigenvalue weighted by Crippen LogP contribution is -2.09. The molecule has 0 unspecified atom stereocenters. The molecule has 1 aromatic rings. The van der Waals surface area contributed by atoms with Crippen LogP contribution in [-0.2, 0) is 0 Å². The average molecular weight is 304 g/mol. The highest BCUT2D eigenvalue weighted by Crippen LogP contribution is 2.10. The summed E-state index contributed by atoms with van der Waals surface area (Å²) in [7, 11) is 0. The lowest BCUT2D eigenvalue weighted by Gasteiger charge is -2.07. The van der Waals surface area contributed by atoms with Gasteiger partial charge in [-0.25, -0.2) is 0 Å². The molecule has 5 nitrogen and oxygen atoms in total. The molecular weight excluding hydrogens is 282 g/mol. The second-order valence-corrected chi connectivity index (χ2v) is 5.44. The highest BCUT2D eigenvalue weighted by Gasteiger charge is 2.03. The standard InChI is InChI=1S/C12H22ClN5S/c1-3-14-11-16-10(13)17-12(18-11)15-8-6-4-5-7-9-19-2/h3-9H2,1-2H3,(H2,14,15,16,17,18). The molecule has 0 amide bonds. The van der Waals surface area contributed by atoms with Crippen LogP contribution in [0.1, 0.15) is 32.6 Å². The second kappa shape index (κ2) is 10.1. The van der Waals surface area contributed by atoms with E-state index < -0.39 is 0 Å². The van der Waals surface area contributed by atoms with Crippen LogP contribution in [0.25, 0.3) is 0 Å². The molecule has 1 rings (SSSR count). The Morgan fingerprint density at radius 2 is 1.68 bits per heavy atom. The second-order valence-electron chi connectivity index (χ2n) is 4.12. The Bertz CT molecular complexity index is 364. The van der Waals surface area contributed by atoms with Crippen molar-refractivity contribution in [3.63, 3.8) is 0 Å². The molecule has 2 N–H and O–H groups in total. The summed E-state index contributed by atoms with van der Waals surface area (Å²) in [5, 5.41) is 6.42. The Kier molecular flexibility index (Phi) is 8.66. The van der Waals surface area contributed by atoms with Gasteiger partial charge in [-0.3, -0.25) is 0 Å². The fraction of sp³-hybridized carbons (Fsp3) is 0.750. The minimum atomic E-state index is 0.216.